The fourth-order valence-corrected chi connectivity index (χ4v) is 3.95. The summed E-state index contributed by atoms with van der Waals surface area (Å²) >= 11 is 1.24. The molecule has 0 fully saturated rings. The molecule has 0 aromatic heterocycles. The second-order valence-electron chi connectivity index (χ2n) is 5.79. The quantitative estimate of drug-likeness (QED) is 0.453. The van der Waals surface area contributed by atoms with Crippen LogP contribution in [0.4, 0.5) is 5.69 Å². The molecule has 3 aromatic carbocycles. The highest BCUT2D eigenvalue weighted by Crippen LogP contribution is 2.42. The number of hydrogen-bond acceptors (Lipinski definition) is 5. The topological polar surface area (TPSA) is 92.8 Å². The Labute approximate surface area is 155 Å². The molecule has 6 heteroatoms. The zero-order valence-corrected chi connectivity index (χ0v) is 14.9. The first-order valence-corrected chi connectivity index (χ1v) is 8.88. The fourth-order valence-electron chi connectivity index (χ4n) is 2.75. The molecule has 3 rings (SSSR count). The van der Waals surface area contributed by atoms with Gasteiger partial charge in [-0.25, -0.2) is 4.79 Å². The van der Waals surface area contributed by atoms with Gasteiger partial charge in [0.2, 0.25) is 0 Å². The molecule has 134 valence electrons. The third kappa shape index (κ3) is 3.61. The van der Waals surface area contributed by atoms with Crippen LogP contribution in [0.2, 0.25) is 0 Å². The van der Waals surface area contributed by atoms with Crippen molar-refractivity contribution in [3.8, 4) is 5.75 Å². The smallest absolute Gasteiger partial charge is 0.334 e. The minimum absolute atomic E-state index is 0.573. The molecule has 26 heavy (non-hydrogen) atoms. The average molecular weight is 369 g/mol. The van der Waals surface area contributed by atoms with Crippen molar-refractivity contribution in [3.05, 3.63) is 66.2 Å². The van der Waals surface area contributed by atoms with Gasteiger partial charge in [-0.05, 0) is 29.1 Å². The molecular weight excluding hydrogens is 350 g/mol. The van der Waals surface area contributed by atoms with Crippen LogP contribution in [0.1, 0.15) is 10.8 Å². The summed E-state index contributed by atoms with van der Waals surface area (Å²) in [5.74, 6) is -0.620. The Bertz CT molecular complexity index is 927. The van der Waals surface area contributed by atoms with Crippen molar-refractivity contribution in [2.45, 2.75) is 16.2 Å². The fraction of sp³-hybridized carbons (Fsp3) is 0.150. The molecule has 3 aromatic rings. The Balaban J connectivity index is 2.00. The summed E-state index contributed by atoms with van der Waals surface area (Å²) in [6, 6.07) is 18.5. The summed E-state index contributed by atoms with van der Waals surface area (Å²) < 4.78 is 5.14. The van der Waals surface area contributed by atoms with E-state index in [1.807, 2.05) is 36.4 Å². The van der Waals surface area contributed by atoms with Gasteiger partial charge in [-0.1, -0.05) is 42.5 Å². The van der Waals surface area contributed by atoms with Crippen LogP contribution in [0.15, 0.2) is 65.6 Å². The van der Waals surface area contributed by atoms with Crippen LogP contribution in [0.5, 0.6) is 5.75 Å². The van der Waals surface area contributed by atoms with Crippen molar-refractivity contribution in [3.63, 3.8) is 0 Å². The van der Waals surface area contributed by atoms with Crippen LogP contribution in [-0.2, 0) is 4.79 Å². The summed E-state index contributed by atoms with van der Waals surface area (Å²) in [4.78, 5) is 12.1. The number of anilines is 1. The third-order valence-electron chi connectivity index (χ3n) is 4.17. The molecule has 0 aliphatic heterocycles. The molecule has 0 saturated heterocycles. The molecule has 4 N–H and O–H groups in total. The maximum atomic E-state index is 11.4. The lowest BCUT2D eigenvalue weighted by Gasteiger charge is -2.21. The summed E-state index contributed by atoms with van der Waals surface area (Å²) in [6.45, 7) is 0. The van der Waals surface area contributed by atoms with Crippen LogP contribution in [-0.4, -0.2) is 29.4 Å². The van der Waals surface area contributed by atoms with Gasteiger partial charge in [0.1, 0.15) is 5.75 Å². The number of fused-ring (bicyclic) bond motifs is 1. The van der Waals surface area contributed by atoms with E-state index in [2.05, 4.69) is 0 Å². The first kappa shape index (κ1) is 18.1. The van der Waals surface area contributed by atoms with Crippen molar-refractivity contribution in [2.75, 3.05) is 12.8 Å². The van der Waals surface area contributed by atoms with Crippen molar-refractivity contribution >= 4 is 34.2 Å². The minimum Gasteiger partial charge on any atom is -0.497 e. The summed E-state index contributed by atoms with van der Waals surface area (Å²) in [5, 5.41) is 20.8. The highest BCUT2D eigenvalue weighted by atomic mass is 32.2. The van der Waals surface area contributed by atoms with Crippen molar-refractivity contribution in [2.24, 2.45) is 0 Å². The Kier molecular flexibility index (Phi) is 5.35. The first-order valence-electron chi connectivity index (χ1n) is 8.00. The first-order chi connectivity index (χ1) is 12.5. The normalized spacial score (nSPS) is 13.3. The zero-order valence-electron chi connectivity index (χ0n) is 14.1. The molecule has 2 atom stereocenters. The molecule has 0 amide bonds. The number of methoxy groups -OCH3 is 1. The summed E-state index contributed by atoms with van der Waals surface area (Å²) in [7, 11) is 1.56. The van der Waals surface area contributed by atoms with Gasteiger partial charge in [-0.15, -0.1) is 11.8 Å². The molecule has 0 heterocycles. The number of hydrogen-bond donors (Lipinski definition) is 3. The lowest BCUT2D eigenvalue weighted by molar-refractivity contribution is -0.146. The van der Waals surface area contributed by atoms with E-state index >= 15 is 0 Å². The third-order valence-corrected chi connectivity index (χ3v) is 5.56. The number of rotatable bonds is 6. The molecule has 0 radical (unpaired) electrons. The molecule has 0 aliphatic rings. The van der Waals surface area contributed by atoms with Crippen LogP contribution in [0.25, 0.3) is 10.8 Å². The van der Waals surface area contributed by atoms with Crippen LogP contribution in [0.3, 0.4) is 0 Å². The number of carboxylic acids is 1. The number of nitrogen functional groups attached to an aromatic ring is 1. The number of aliphatic hydroxyl groups is 1. The Morgan fingerprint density at radius 2 is 1.77 bits per heavy atom. The number of ether oxygens (including phenoxy) is 1. The second kappa shape index (κ2) is 7.68. The highest BCUT2D eigenvalue weighted by Gasteiger charge is 2.29. The van der Waals surface area contributed by atoms with Gasteiger partial charge in [0.15, 0.2) is 6.10 Å². The number of nitrogens with two attached hydrogens (primary N) is 1. The number of benzene rings is 3. The monoisotopic (exact) mass is 369 g/mol. The van der Waals surface area contributed by atoms with E-state index < -0.39 is 17.3 Å². The molecule has 0 aliphatic carbocycles. The lowest BCUT2D eigenvalue weighted by atomic mass is 10.1. The van der Waals surface area contributed by atoms with Crippen molar-refractivity contribution < 1.29 is 19.7 Å². The van der Waals surface area contributed by atoms with Gasteiger partial charge in [-0.2, -0.15) is 0 Å². The van der Waals surface area contributed by atoms with Crippen molar-refractivity contribution in [1.29, 1.82) is 0 Å². The Hall–Kier alpha value is -2.70. The SMILES string of the molecule is COc1ccc([C@@H](Sc2ccc3ccccc3c2N)[C@H](O)C(=O)O)cc1. The predicted molar refractivity (Wildman–Crippen MR) is 104 cm³/mol. The van der Waals surface area contributed by atoms with E-state index in [9.17, 15) is 15.0 Å². The van der Waals surface area contributed by atoms with Crippen molar-refractivity contribution in [1.82, 2.24) is 0 Å². The van der Waals surface area contributed by atoms with Gasteiger partial charge in [0.25, 0.3) is 0 Å². The number of carbonyl (C=O) groups is 1. The molecule has 0 spiro atoms. The van der Waals surface area contributed by atoms with E-state index in [4.69, 9.17) is 10.5 Å². The second-order valence-corrected chi connectivity index (χ2v) is 6.98. The highest BCUT2D eigenvalue weighted by molar-refractivity contribution is 7.99. The number of aliphatic carboxylic acids is 1. The molecular formula is C20H19NO4S. The number of thioether (sulfide) groups is 1. The molecule has 0 saturated carbocycles. The van der Waals surface area contributed by atoms with E-state index in [1.165, 1.54) is 11.8 Å². The lowest BCUT2D eigenvalue weighted by Crippen LogP contribution is -2.26. The van der Waals surface area contributed by atoms with E-state index in [0.717, 1.165) is 15.7 Å². The van der Waals surface area contributed by atoms with Gasteiger partial charge < -0.3 is 20.7 Å². The zero-order chi connectivity index (χ0) is 18.7. The van der Waals surface area contributed by atoms with Gasteiger partial charge in [0, 0.05) is 10.3 Å². The van der Waals surface area contributed by atoms with E-state index in [1.54, 1.807) is 31.4 Å². The van der Waals surface area contributed by atoms with Crippen LogP contribution < -0.4 is 10.5 Å². The predicted octanol–water partition coefficient (Wildman–Crippen LogP) is 3.71. The molecule has 0 unspecified atom stereocenters. The molecule has 0 bridgehead atoms. The number of aliphatic hydroxyl groups excluding tert-OH is 1. The summed E-state index contributed by atoms with van der Waals surface area (Å²) in [5.41, 5.74) is 7.55. The maximum absolute atomic E-state index is 11.4. The Morgan fingerprint density at radius 1 is 1.08 bits per heavy atom. The minimum atomic E-state index is -1.57. The standard InChI is InChI=1S/C20H19NO4S/c1-25-14-9-6-13(7-10-14)19(18(22)20(23)24)26-16-11-8-12-4-2-3-5-15(12)17(16)21/h2-11,18-19,22H,21H2,1H3,(H,23,24)/t18-,19+/m0/s1. The van der Waals surface area contributed by atoms with Crippen LogP contribution >= 0.6 is 11.8 Å². The Morgan fingerprint density at radius 3 is 2.42 bits per heavy atom. The summed E-state index contributed by atoms with van der Waals surface area (Å²) in [6.07, 6.45) is -1.57. The van der Waals surface area contributed by atoms with Gasteiger partial charge >= 0.3 is 5.97 Å². The van der Waals surface area contributed by atoms with E-state index in [-0.39, 0.29) is 0 Å². The maximum Gasteiger partial charge on any atom is 0.334 e. The van der Waals surface area contributed by atoms with Crippen LogP contribution in [0, 0.1) is 0 Å². The van der Waals surface area contributed by atoms with Gasteiger partial charge in [0.05, 0.1) is 18.0 Å². The molecule has 5 nitrogen and oxygen atoms in total. The van der Waals surface area contributed by atoms with Gasteiger partial charge in [-0.3, -0.25) is 0 Å². The largest absolute Gasteiger partial charge is 0.497 e. The van der Waals surface area contributed by atoms with E-state index in [0.29, 0.717) is 17.0 Å². The average Bonchev–Trinajstić information content (AvgIpc) is 2.67. The number of carboxylic acid groups (broad SMARTS) is 1.